The van der Waals surface area contributed by atoms with E-state index in [4.69, 9.17) is 9.47 Å². The Morgan fingerprint density at radius 3 is 1.89 bits per heavy atom. The first-order chi connectivity index (χ1) is 12.9. The number of rotatable bonds is 12. The van der Waals surface area contributed by atoms with Gasteiger partial charge in [0.05, 0.1) is 14.2 Å². The van der Waals surface area contributed by atoms with Crippen molar-refractivity contribution in [1.82, 2.24) is 0 Å². The summed E-state index contributed by atoms with van der Waals surface area (Å²) in [6.07, 6.45) is 10.6. The van der Waals surface area contributed by atoms with Crippen molar-refractivity contribution >= 4 is 12.0 Å². The Balaban J connectivity index is 2.99. The lowest BCUT2D eigenvalue weighted by atomic mass is 9.93. The minimum absolute atomic E-state index is 0.460. The molecule has 0 fully saturated rings. The molecule has 1 rings (SSSR count). The van der Waals surface area contributed by atoms with E-state index in [2.05, 4.69) is 6.92 Å². The van der Waals surface area contributed by atoms with Gasteiger partial charge in [0.1, 0.15) is 0 Å². The molecule has 0 aliphatic heterocycles. The fraction of sp³-hybridized carbons (Fsp3) is 0.609. The summed E-state index contributed by atoms with van der Waals surface area (Å²) in [4.78, 5) is 11.8. The minimum Gasteiger partial charge on any atom is -0.493 e. The van der Waals surface area contributed by atoms with E-state index in [0.717, 1.165) is 35.1 Å². The molecule has 0 saturated heterocycles. The number of hydrogen-bond donors (Lipinski definition) is 1. The molecule has 0 spiro atoms. The molecule has 1 N–H and O–H groups in total. The third-order valence-corrected chi connectivity index (χ3v) is 5.31. The van der Waals surface area contributed by atoms with Crippen LogP contribution in [0.2, 0.25) is 0 Å². The lowest BCUT2D eigenvalue weighted by molar-refractivity contribution is -0.132. The summed E-state index contributed by atoms with van der Waals surface area (Å²) in [5.74, 6) is 0.549. The highest BCUT2D eigenvalue weighted by Crippen LogP contribution is 2.40. The molecule has 0 heterocycles. The van der Waals surface area contributed by atoms with Crippen LogP contribution in [0.5, 0.6) is 11.5 Å². The largest absolute Gasteiger partial charge is 0.493 e. The Bertz CT molecular complexity index is 659. The summed E-state index contributed by atoms with van der Waals surface area (Å²) >= 11 is 0. The normalized spacial score (nSPS) is 11.6. The predicted octanol–water partition coefficient (Wildman–Crippen LogP) is 6.24. The van der Waals surface area contributed by atoms with Crippen molar-refractivity contribution in [3.05, 3.63) is 27.8 Å². The number of carboxylic acids is 1. The van der Waals surface area contributed by atoms with Gasteiger partial charge < -0.3 is 14.6 Å². The van der Waals surface area contributed by atoms with Crippen LogP contribution in [0.15, 0.2) is 5.57 Å². The van der Waals surface area contributed by atoms with E-state index >= 15 is 0 Å². The summed E-state index contributed by atoms with van der Waals surface area (Å²) in [5, 5.41) is 9.66. The van der Waals surface area contributed by atoms with Gasteiger partial charge in [-0.15, -0.1) is 0 Å². The topological polar surface area (TPSA) is 55.8 Å². The fourth-order valence-electron chi connectivity index (χ4n) is 3.51. The standard InChI is InChI=1S/C23H36O4/c1-7-8-9-10-11-12-13-14-19(23(24)25)15-20-16(2)17(3)21(26-5)22(27-6)18(20)4/h15H,7-14H2,1-6H3,(H,24,25)/b19-15+. The molecule has 0 aliphatic rings. The van der Waals surface area contributed by atoms with Crippen molar-refractivity contribution in [2.75, 3.05) is 14.2 Å². The molecular formula is C23H36O4. The van der Waals surface area contributed by atoms with Gasteiger partial charge in [0.15, 0.2) is 11.5 Å². The summed E-state index contributed by atoms with van der Waals surface area (Å²) in [7, 11) is 3.24. The summed E-state index contributed by atoms with van der Waals surface area (Å²) in [6, 6.07) is 0. The maximum absolute atomic E-state index is 11.8. The van der Waals surface area contributed by atoms with Gasteiger partial charge in [0, 0.05) is 11.1 Å². The Kier molecular flexibility index (Phi) is 9.98. The predicted molar refractivity (Wildman–Crippen MR) is 112 cm³/mol. The highest BCUT2D eigenvalue weighted by atomic mass is 16.5. The van der Waals surface area contributed by atoms with Gasteiger partial charge in [-0.1, -0.05) is 45.4 Å². The minimum atomic E-state index is -0.841. The second-order valence-corrected chi connectivity index (χ2v) is 7.20. The van der Waals surface area contributed by atoms with Crippen LogP contribution < -0.4 is 9.47 Å². The maximum atomic E-state index is 11.8. The molecule has 0 amide bonds. The Hall–Kier alpha value is -1.97. The van der Waals surface area contributed by atoms with E-state index in [1.165, 1.54) is 32.1 Å². The maximum Gasteiger partial charge on any atom is 0.331 e. The highest BCUT2D eigenvalue weighted by Gasteiger charge is 2.19. The quantitative estimate of drug-likeness (QED) is 0.347. The second kappa shape index (κ2) is 11.7. The third kappa shape index (κ3) is 6.30. The molecule has 152 valence electrons. The lowest BCUT2D eigenvalue weighted by Crippen LogP contribution is -2.04. The summed E-state index contributed by atoms with van der Waals surface area (Å²) in [6.45, 7) is 8.14. The first kappa shape index (κ1) is 23.1. The van der Waals surface area contributed by atoms with E-state index in [1.807, 2.05) is 26.8 Å². The number of unbranched alkanes of at least 4 members (excludes halogenated alkanes) is 6. The zero-order chi connectivity index (χ0) is 20.4. The molecule has 0 saturated carbocycles. The molecule has 0 radical (unpaired) electrons. The molecule has 0 bridgehead atoms. The number of methoxy groups -OCH3 is 2. The van der Waals surface area contributed by atoms with Crippen molar-refractivity contribution < 1.29 is 19.4 Å². The van der Waals surface area contributed by atoms with Crippen LogP contribution >= 0.6 is 0 Å². The number of ether oxygens (including phenoxy) is 2. The van der Waals surface area contributed by atoms with Gasteiger partial charge in [-0.25, -0.2) is 4.79 Å². The molecule has 0 unspecified atom stereocenters. The monoisotopic (exact) mass is 376 g/mol. The van der Waals surface area contributed by atoms with Crippen LogP contribution in [0.25, 0.3) is 6.08 Å². The Morgan fingerprint density at radius 2 is 1.37 bits per heavy atom. The zero-order valence-corrected chi connectivity index (χ0v) is 17.9. The first-order valence-corrected chi connectivity index (χ1v) is 10.0. The van der Waals surface area contributed by atoms with Gasteiger partial charge in [-0.05, 0) is 56.4 Å². The number of hydrogen-bond acceptors (Lipinski definition) is 3. The number of aliphatic carboxylic acids is 1. The van der Waals surface area contributed by atoms with Crippen molar-refractivity contribution in [3.63, 3.8) is 0 Å². The number of benzene rings is 1. The van der Waals surface area contributed by atoms with E-state index < -0.39 is 5.97 Å². The number of carbonyl (C=O) groups is 1. The van der Waals surface area contributed by atoms with Crippen molar-refractivity contribution in [2.24, 2.45) is 0 Å². The molecule has 4 nitrogen and oxygen atoms in total. The van der Waals surface area contributed by atoms with E-state index in [1.54, 1.807) is 14.2 Å². The van der Waals surface area contributed by atoms with Crippen LogP contribution in [0.4, 0.5) is 0 Å². The molecule has 4 heteroatoms. The zero-order valence-electron chi connectivity index (χ0n) is 17.9. The average molecular weight is 377 g/mol. The van der Waals surface area contributed by atoms with Gasteiger partial charge in [0.25, 0.3) is 0 Å². The molecular weight excluding hydrogens is 340 g/mol. The smallest absolute Gasteiger partial charge is 0.331 e. The molecule has 0 aromatic heterocycles. The Labute approximate surface area is 164 Å². The molecule has 1 aromatic carbocycles. The van der Waals surface area contributed by atoms with Crippen molar-refractivity contribution in [2.45, 2.75) is 79.1 Å². The van der Waals surface area contributed by atoms with Gasteiger partial charge >= 0.3 is 5.97 Å². The van der Waals surface area contributed by atoms with Crippen LogP contribution in [0, 0.1) is 20.8 Å². The van der Waals surface area contributed by atoms with Gasteiger partial charge in [-0.2, -0.15) is 0 Å². The third-order valence-electron chi connectivity index (χ3n) is 5.31. The SMILES string of the molecule is CCCCCCCCC/C(=C\c1c(C)c(C)c(OC)c(OC)c1C)C(=O)O. The second-order valence-electron chi connectivity index (χ2n) is 7.20. The van der Waals surface area contributed by atoms with Crippen LogP contribution in [-0.2, 0) is 4.79 Å². The van der Waals surface area contributed by atoms with Gasteiger partial charge in [0.2, 0.25) is 0 Å². The lowest BCUT2D eigenvalue weighted by Gasteiger charge is -2.19. The highest BCUT2D eigenvalue weighted by molar-refractivity contribution is 5.93. The van der Waals surface area contributed by atoms with Crippen molar-refractivity contribution in [3.8, 4) is 11.5 Å². The first-order valence-electron chi connectivity index (χ1n) is 10.0. The molecule has 1 aromatic rings. The van der Waals surface area contributed by atoms with E-state index in [-0.39, 0.29) is 0 Å². The Morgan fingerprint density at radius 1 is 0.852 bits per heavy atom. The van der Waals surface area contributed by atoms with E-state index in [9.17, 15) is 9.90 Å². The molecule has 0 atom stereocenters. The molecule has 0 aliphatic carbocycles. The van der Waals surface area contributed by atoms with Crippen LogP contribution in [0.1, 0.15) is 80.5 Å². The fourth-order valence-corrected chi connectivity index (χ4v) is 3.51. The number of carboxylic acid groups (broad SMARTS) is 1. The average Bonchev–Trinajstić information content (AvgIpc) is 2.65. The van der Waals surface area contributed by atoms with Crippen molar-refractivity contribution in [1.29, 1.82) is 0 Å². The molecule has 27 heavy (non-hydrogen) atoms. The van der Waals surface area contributed by atoms with Crippen LogP contribution in [-0.4, -0.2) is 25.3 Å². The summed E-state index contributed by atoms with van der Waals surface area (Å²) < 4.78 is 11.0. The van der Waals surface area contributed by atoms with Gasteiger partial charge in [-0.3, -0.25) is 0 Å². The van der Waals surface area contributed by atoms with Crippen LogP contribution in [0.3, 0.4) is 0 Å². The summed E-state index contributed by atoms with van der Waals surface area (Å²) in [5.41, 5.74) is 4.30. The van der Waals surface area contributed by atoms with E-state index in [0.29, 0.717) is 23.5 Å².